The Hall–Kier alpha value is -5.61. The number of amides is 1. The Morgan fingerprint density at radius 2 is 1.32 bits per heavy atom. The second-order valence-corrected chi connectivity index (χ2v) is 10.6. The molecule has 0 aliphatic heterocycles. The van der Waals surface area contributed by atoms with Gasteiger partial charge in [0.05, 0.1) is 30.4 Å². The average molecular weight is 632 g/mol. The average Bonchev–Trinajstić information content (AvgIpc) is 3.68. The van der Waals surface area contributed by atoms with Crippen molar-refractivity contribution in [3.05, 3.63) is 72.6 Å². The first-order valence-corrected chi connectivity index (χ1v) is 14.4. The van der Waals surface area contributed by atoms with E-state index in [1.807, 2.05) is 24.3 Å². The van der Waals surface area contributed by atoms with Crippen LogP contribution in [0.3, 0.4) is 0 Å². The summed E-state index contributed by atoms with van der Waals surface area (Å²) in [6.45, 7) is 1.36. The van der Waals surface area contributed by atoms with Gasteiger partial charge in [0.25, 0.3) is 5.91 Å². The molecule has 0 saturated carbocycles. The van der Waals surface area contributed by atoms with Crippen LogP contribution in [0.15, 0.2) is 61.2 Å². The van der Waals surface area contributed by atoms with Crippen LogP contribution in [-0.2, 0) is 9.53 Å². The number of fused-ring (bicyclic) bond motifs is 2. The summed E-state index contributed by atoms with van der Waals surface area (Å²) in [6, 6.07) is 10.9. The number of aromatic nitrogens is 6. The summed E-state index contributed by atoms with van der Waals surface area (Å²) < 4.78 is 5.74. The van der Waals surface area contributed by atoms with Crippen molar-refractivity contribution in [3.8, 4) is 32.9 Å². The number of carbonyl (C=O) groups is 3. The van der Waals surface area contributed by atoms with Gasteiger partial charge in [-0.25, -0.2) is 24.7 Å². The largest absolute Gasteiger partial charge is 0.504 e. The van der Waals surface area contributed by atoms with Crippen LogP contribution >= 0.6 is 22.7 Å². The molecule has 0 saturated heterocycles. The Kier molecular flexibility index (Phi) is 8.92. The Balaban J connectivity index is 0.000000175. The molecule has 0 aliphatic carbocycles. The van der Waals surface area contributed by atoms with Crippen LogP contribution in [0.5, 0.6) is 11.5 Å². The summed E-state index contributed by atoms with van der Waals surface area (Å²) >= 11 is 2.43. The molecular formula is C28H21N7O7S2. The van der Waals surface area contributed by atoms with Crippen LogP contribution in [0, 0.1) is 0 Å². The van der Waals surface area contributed by atoms with Gasteiger partial charge in [0.2, 0.25) is 0 Å². The third-order valence-corrected chi connectivity index (χ3v) is 7.87. The number of nitrogens with zero attached hydrogens (tertiary/aromatic N) is 6. The molecule has 44 heavy (non-hydrogen) atoms. The second kappa shape index (κ2) is 13.1. The number of aliphatic carboxylic acids is 1. The maximum Gasteiger partial charge on any atom is 0.360 e. The molecule has 0 unspecified atom stereocenters. The molecule has 14 nitrogen and oxygen atoms in total. The lowest BCUT2D eigenvalue weighted by Crippen LogP contribution is -2.29. The first-order valence-electron chi connectivity index (χ1n) is 12.7. The molecule has 4 N–H and O–H groups in total. The summed E-state index contributed by atoms with van der Waals surface area (Å²) in [5, 5.41) is 32.4. The van der Waals surface area contributed by atoms with Gasteiger partial charge in [0.1, 0.15) is 37.0 Å². The quantitative estimate of drug-likeness (QED) is 0.184. The molecule has 1 amide bonds. The molecule has 0 aliphatic rings. The molecule has 0 aromatic carbocycles. The summed E-state index contributed by atoms with van der Waals surface area (Å²) in [7, 11) is 0. The van der Waals surface area contributed by atoms with Crippen LogP contribution in [0.4, 0.5) is 0 Å². The molecule has 6 heterocycles. The van der Waals surface area contributed by atoms with Gasteiger partial charge in [-0.1, -0.05) is 12.1 Å². The van der Waals surface area contributed by atoms with Crippen LogP contribution in [-0.4, -0.2) is 76.2 Å². The van der Waals surface area contributed by atoms with E-state index in [1.165, 1.54) is 35.1 Å². The number of carbonyl (C=O) groups excluding carboxylic acids is 2. The van der Waals surface area contributed by atoms with E-state index < -0.39 is 24.4 Å². The fourth-order valence-corrected chi connectivity index (χ4v) is 5.64. The lowest BCUT2D eigenvalue weighted by molar-refractivity contribution is -0.135. The Bertz CT molecular complexity index is 1980. The molecular weight excluding hydrogens is 610 g/mol. The van der Waals surface area contributed by atoms with E-state index in [-0.39, 0.29) is 29.5 Å². The highest BCUT2D eigenvalue weighted by atomic mass is 32.1. The van der Waals surface area contributed by atoms with Gasteiger partial charge >= 0.3 is 11.9 Å². The molecule has 6 rings (SSSR count). The van der Waals surface area contributed by atoms with Gasteiger partial charge in [-0.15, -0.1) is 22.7 Å². The number of aromatic hydroxyl groups is 2. The number of carboxylic acid groups (broad SMARTS) is 1. The molecule has 0 radical (unpaired) electrons. The topological polar surface area (TPSA) is 210 Å². The van der Waals surface area contributed by atoms with Crippen molar-refractivity contribution in [2.75, 3.05) is 13.2 Å². The fourth-order valence-electron chi connectivity index (χ4n) is 3.72. The Morgan fingerprint density at radius 3 is 1.80 bits per heavy atom. The maximum atomic E-state index is 11.9. The predicted molar refractivity (Wildman–Crippen MR) is 161 cm³/mol. The van der Waals surface area contributed by atoms with Crippen molar-refractivity contribution >= 4 is 61.0 Å². The van der Waals surface area contributed by atoms with Crippen molar-refractivity contribution in [1.29, 1.82) is 0 Å². The predicted octanol–water partition coefficient (Wildman–Crippen LogP) is 3.91. The first-order chi connectivity index (χ1) is 21.3. The summed E-state index contributed by atoms with van der Waals surface area (Å²) in [5.74, 6) is -3.13. The lowest BCUT2D eigenvalue weighted by atomic mass is 10.3. The van der Waals surface area contributed by atoms with E-state index in [2.05, 4.69) is 35.2 Å². The fraction of sp³-hybridized carbons (Fsp3) is 0.107. The van der Waals surface area contributed by atoms with Crippen molar-refractivity contribution in [3.63, 3.8) is 0 Å². The van der Waals surface area contributed by atoms with Crippen LogP contribution in [0.1, 0.15) is 27.9 Å². The van der Waals surface area contributed by atoms with E-state index in [4.69, 9.17) is 9.84 Å². The lowest BCUT2D eigenvalue weighted by Gasteiger charge is -2.03. The summed E-state index contributed by atoms with van der Waals surface area (Å²) in [4.78, 5) is 58.9. The molecule has 6 aromatic heterocycles. The van der Waals surface area contributed by atoms with Crippen LogP contribution < -0.4 is 5.32 Å². The smallest absolute Gasteiger partial charge is 0.360 e. The van der Waals surface area contributed by atoms with Crippen LogP contribution in [0.25, 0.3) is 41.8 Å². The van der Waals surface area contributed by atoms with Crippen molar-refractivity contribution in [2.24, 2.45) is 0 Å². The van der Waals surface area contributed by atoms with Gasteiger partial charge in [-0.3, -0.25) is 19.6 Å². The maximum absolute atomic E-state index is 11.9. The zero-order valence-electron chi connectivity index (χ0n) is 22.7. The molecule has 6 aromatic rings. The zero-order chi connectivity index (χ0) is 31.2. The highest BCUT2D eigenvalue weighted by molar-refractivity contribution is 7.22. The molecule has 16 heteroatoms. The summed E-state index contributed by atoms with van der Waals surface area (Å²) in [6.07, 6.45) is 6.10. The van der Waals surface area contributed by atoms with Gasteiger partial charge < -0.3 is 25.4 Å². The number of esters is 1. The molecule has 0 spiro atoms. The normalized spacial score (nSPS) is 10.7. The SMILES string of the molecule is CCOC(=O)c1ncc2nc(-c3ccccn3)sc2c1O.O=C(O)CNC(=O)c1ncc2nc(-c3ccccn3)sc2c1O. The Morgan fingerprint density at radius 1 is 0.795 bits per heavy atom. The van der Waals surface area contributed by atoms with Gasteiger partial charge in [-0.05, 0) is 31.2 Å². The number of pyridine rings is 4. The second-order valence-electron chi connectivity index (χ2n) is 8.60. The minimum Gasteiger partial charge on any atom is -0.504 e. The Labute approximate surface area is 255 Å². The minimum atomic E-state index is -1.19. The van der Waals surface area contributed by atoms with Crippen LogP contribution in [0.2, 0.25) is 0 Å². The number of hydrogen-bond acceptors (Lipinski definition) is 14. The number of carboxylic acids is 1. The number of thiazole rings is 2. The van der Waals surface area contributed by atoms with Gasteiger partial charge in [0.15, 0.2) is 22.9 Å². The number of nitrogens with one attached hydrogen (secondary N) is 1. The van der Waals surface area contributed by atoms with Crippen molar-refractivity contribution in [1.82, 2.24) is 35.2 Å². The molecule has 0 atom stereocenters. The number of rotatable bonds is 7. The van der Waals surface area contributed by atoms with Crippen molar-refractivity contribution < 1.29 is 34.4 Å². The number of hydrogen-bond donors (Lipinski definition) is 4. The first kappa shape index (κ1) is 29.9. The standard InChI is InChI=1S/C14H10N4O4S.C14H11N3O3S/c19-9(20)6-17-13(22)10-11(21)12-8(5-16-10)18-14(23-12)7-3-1-2-4-15-7;1-2-20-14(19)10-11(18)12-9(7-16-10)17-13(21-12)8-5-3-4-6-15-8/h1-5,21H,6H2,(H,17,22)(H,19,20);3-7,18H,2H2,1H3. The van der Waals surface area contributed by atoms with Gasteiger partial charge in [0, 0.05) is 12.4 Å². The monoisotopic (exact) mass is 631 g/mol. The third-order valence-electron chi connectivity index (χ3n) is 5.67. The third kappa shape index (κ3) is 6.40. The summed E-state index contributed by atoms with van der Waals surface area (Å²) in [5.41, 5.74) is 1.96. The van der Waals surface area contributed by atoms with E-state index >= 15 is 0 Å². The highest BCUT2D eigenvalue weighted by Gasteiger charge is 2.21. The van der Waals surface area contributed by atoms with E-state index in [0.717, 1.165) is 0 Å². The zero-order valence-corrected chi connectivity index (χ0v) is 24.3. The van der Waals surface area contributed by atoms with E-state index in [1.54, 1.807) is 31.5 Å². The van der Waals surface area contributed by atoms with Gasteiger partial charge in [-0.2, -0.15) is 0 Å². The van der Waals surface area contributed by atoms with E-state index in [9.17, 15) is 24.6 Å². The minimum absolute atomic E-state index is 0.0967. The highest BCUT2D eigenvalue weighted by Crippen LogP contribution is 2.37. The van der Waals surface area contributed by atoms with E-state index in [0.29, 0.717) is 41.8 Å². The number of ether oxygens (including phenoxy) is 1. The molecule has 0 bridgehead atoms. The molecule has 0 fully saturated rings. The van der Waals surface area contributed by atoms with Crippen molar-refractivity contribution in [2.45, 2.75) is 6.92 Å². The molecule has 222 valence electrons.